The van der Waals surface area contributed by atoms with Gasteiger partial charge in [-0.2, -0.15) is 5.26 Å². The number of aldehydes is 1. The Balaban J connectivity index is 1.78. The zero-order valence-corrected chi connectivity index (χ0v) is 14.4. The zero-order valence-electron chi connectivity index (χ0n) is 14.4. The minimum Gasteiger partial charge on any atom is -0.478 e. The molecule has 0 bridgehead atoms. The number of carbonyl (C=O) groups excluding carboxylic acids is 2. The van der Waals surface area contributed by atoms with Crippen LogP contribution in [0.5, 0.6) is 11.5 Å². The van der Waals surface area contributed by atoms with Gasteiger partial charge >= 0.3 is 5.97 Å². The van der Waals surface area contributed by atoms with Crippen LogP contribution in [0, 0.1) is 11.3 Å². The van der Waals surface area contributed by atoms with Crippen molar-refractivity contribution in [1.29, 1.82) is 5.26 Å². The predicted molar refractivity (Wildman–Crippen MR) is 96.6 cm³/mol. The van der Waals surface area contributed by atoms with Crippen molar-refractivity contribution in [2.75, 3.05) is 5.32 Å². The van der Waals surface area contributed by atoms with Crippen molar-refractivity contribution in [3.63, 3.8) is 0 Å². The number of hydrogen-bond acceptors (Lipinski definition) is 6. The highest BCUT2D eigenvalue weighted by molar-refractivity contribution is 6.12. The summed E-state index contributed by atoms with van der Waals surface area (Å²) in [6, 6.07) is 17.2. The van der Waals surface area contributed by atoms with E-state index in [0.29, 0.717) is 17.2 Å². The average molecular weight is 378 g/mol. The first-order valence-electron chi connectivity index (χ1n) is 8.15. The SMILES string of the molecule is N#CC1OC(C=O)C(C(=O)O)=C1C(=O)Nc1ccc(Oc2ccccc2)cc1. The van der Waals surface area contributed by atoms with Crippen LogP contribution in [0.25, 0.3) is 0 Å². The van der Waals surface area contributed by atoms with Gasteiger partial charge in [0.2, 0.25) is 0 Å². The maximum absolute atomic E-state index is 12.5. The normalized spacial score (nSPS) is 18.2. The first-order chi connectivity index (χ1) is 13.5. The number of amides is 1. The van der Waals surface area contributed by atoms with E-state index in [1.165, 1.54) is 0 Å². The van der Waals surface area contributed by atoms with Gasteiger partial charge in [-0.05, 0) is 36.4 Å². The maximum atomic E-state index is 12.5. The molecular formula is C20H14N2O6. The number of ether oxygens (including phenoxy) is 2. The molecule has 2 aromatic rings. The molecule has 0 saturated heterocycles. The third-order valence-electron chi connectivity index (χ3n) is 3.93. The minimum absolute atomic E-state index is 0.240. The number of nitrogens with one attached hydrogen (secondary N) is 1. The molecule has 2 aromatic carbocycles. The molecule has 2 atom stereocenters. The Morgan fingerprint density at radius 3 is 2.29 bits per heavy atom. The summed E-state index contributed by atoms with van der Waals surface area (Å²) in [6.07, 6.45) is -2.67. The number of benzene rings is 2. The number of nitrogens with zero attached hydrogens (tertiary/aromatic N) is 1. The van der Waals surface area contributed by atoms with Crippen LogP contribution in [0.1, 0.15) is 0 Å². The number of para-hydroxylation sites is 1. The van der Waals surface area contributed by atoms with Gasteiger partial charge in [0.25, 0.3) is 5.91 Å². The van der Waals surface area contributed by atoms with Crippen molar-refractivity contribution in [3.8, 4) is 17.6 Å². The average Bonchev–Trinajstić information content (AvgIpc) is 3.09. The number of carboxylic acid groups (broad SMARTS) is 1. The van der Waals surface area contributed by atoms with Gasteiger partial charge in [-0.1, -0.05) is 18.2 Å². The molecule has 28 heavy (non-hydrogen) atoms. The van der Waals surface area contributed by atoms with Gasteiger partial charge in [-0.3, -0.25) is 4.79 Å². The molecule has 0 saturated carbocycles. The summed E-state index contributed by atoms with van der Waals surface area (Å²) in [5, 5.41) is 20.9. The monoisotopic (exact) mass is 378 g/mol. The number of carbonyl (C=O) groups is 3. The molecule has 1 heterocycles. The fourth-order valence-corrected chi connectivity index (χ4v) is 2.68. The van der Waals surface area contributed by atoms with Crippen LogP contribution in [0.3, 0.4) is 0 Å². The Morgan fingerprint density at radius 1 is 1.07 bits per heavy atom. The van der Waals surface area contributed by atoms with E-state index < -0.39 is 35.2 Å². The second-order valence-electron chi connectivity index (χ2n) is 5.73. The number of nitriles is 1. The number of aliphatic carboxylic acids is 1. The van der Waals surface area contributed by atoms with Gasteiger partial charge < -0.3 is 24.7 Å². The molecule has 2 N–H and O–H groups in total. The van der Waals surface area contributed by atoms with Crippen molar-refractivity contribution in [2.45, 2.75) is 12.2 Å². The van der Waals surface area contributed by atoms with Crippen LogP contribution < -0.4 is 10.1 Å². The molecule has 0 fully saturated rings. The van der Waals surface area contributed by atoms with Crippen LogP contribution in [0.4, 0.5) is 5.69 Å². The second kappa shape index (κ2) is 8.16. The van der Waals surface area contributed by atoms with E-state index in [9.17, 15) is 19.5 Å². The first kappa shape index (κ1) is 18.8. The summed E-state index contributed by atoms with van der Waals surface area (Å²) in [5.74, 6) is -1.14. The third-order valence-corrected chi connectivity index (χ3v) is 3.93. The van der Waals surface area contributed by atoms with E-state index in [2.05, 4.69) is 5.32 Å². The minimum atomic E-state index is -1.49. The fourth-order valence-electron chi connectivity index (χ4n) is 2.68. The lowest BCUT2D eigenvalue weighted by molar-refractivity contribution is -0.135. The molecule has 0 radical (unpaired) electrons. The molecule has 1 aliphatic heterocycles. The molecule has 1 aliphatic rings. The number of carboxylic acids is 1. The van der Waals surface area contributed by atoms with Crippen molar-refractivity contribution in [2.24, 2.45) is 0 Å². The van der Waals surface area contributed by atoms with Gasteiger partial charge in [0.05, 0.1) is 17.2 Å². The summed E-state index contributed by atoms with van der Waals surface area (Å²) in [7, 11) is 0. The molecule has 8 heteroatoms. The first-order valence-corrected chi connectivity index (χ1v) is 8.15. The molecule has 0 aromatic heterocycles. The molecule has 0 aliphatic carbocycles. The fraction of sp³-hybridized carbons (Fsp3) is 0.100. The number of anilines is 1. The van der Waals surface area contributed by atoms with Crippen molar-refractivity contribution < 1.29 is 29.0 Å². The summed E-state index contributed by atoms with van der Waals surface area (Å²) >= 11 is 0. The Morgan fingerprint density at radius 2 is 1.71 bits per heavy atom. The quantitative estimate of drug-likeness (QED) is 0.739. The Labute approximate surface area is 159 Å². The van der Waals surface area contributed by atoms with E-state index in [1.54, 1.807) is 42.5 Å². The van der Waals surface area contributed by atoms with Crippen molar-refractivity contribution >= 4 is 23.9 Å². The predicted octanol–water partition coefficient (Wildman–Crippen LogP) is 2.29. The highest BCUT2D eigenvalue weighted by Gasteiger charge is 2.41. The topological polar surface area (TPSA) is 126 Å². The Kier molecular flexibility index (Phi) is 5.48. The van der Waals surface area contributed by atoms with E-state index in [0.717, 1.165) is 0 Å². The number of hydrogen-bond donors (Lipinski definition) is 2. The van der Waals surface area contributed by atoms with Crippen LogP contribution >= 0.6 is 0 Å². The molecular weight excluding hydrogens is 364 g/mol. The molecule has 3 rings (SSSR count). The molecule has 0 spiro atoms. The summed E-state index contributed by atoms with van der Waals surface area (Å²) < 4.78 is 10.7. The number of rotatable bonds is 6. The van der Waals surface area contributed by atoms with Gasteiger partial charge in [-0.15, -0.1) is 0 Å². The summed E-state index contributed by atoms with van der Waals surface area (Å²) in [4.78, 5) is 35.0. The molecule has 140 valence electrons. The summed E-state index contributed by atoms with van der Waals surface area (Å²) in [6.45, 7) is 0. The lowest BCUT2D eigenvalue weighted by Crippen LogP contribution is -2.23. The standard InChI is InChI=1S/C20H14N2O6/c21-10-15-17(18(20(25)26)16(11-23)28-15)19(24)22-12-6-8-14(9-7-12)27-13-4-2-1-3-5-13/h1-9,11,15-16H,(H,22,24)(H,25,26). The molecule has 2 unspecified atom stereocenters. The maximum Gasteiger partial charge on any atom is 0.335 e. The Bertz CT molecular complexity index is 976. The zero-order chi connectivity index (χ0) is 20.1. The van der Waals surface area contributed by atoms with Gasteiger partial charge in [-0.25, -0.2) is 4.79 Å². The van der Waals surface area contributed by atoms with E-state index in [-0.39, 0.29) is 6.29 Å². The van der Waals surface area contributed by atoms with E-state index in [4.69, 9.17) is 14.7 Å². The van der Waals surface area contributed by atoms with Gasteiger partial charge in [0.1, 0.15) is 17.6 Å². The molecule has 1 amide bonds. The lowest BCUT2D eigenvalue weighted by Gasteiger charge is -2.10. The van der Waals surface area contributed by atoms with Crippen molar-refractivity contribution in [3.05, 3.63) is 65.7 Å². The lowest BCUT2D eigenvalue weighted by atomic mass is 10.0. The van der Waals surface area contributed by atoms with Crippen LogP contribution in [0.2, 0.25) is 0 Å². The van der Waals surface area contributed by atoms with Gasteiger partial charge in [0, 0.05) is 5.69 Å². The largest absolute Gasteiger partial charge is 0.478 e. The van der Waals surface area contributed by atoms with Crippen molar-refractivity contribution in [1.82, 2.24) is 0 Å². The highest BCUT2D eigenvalue weighted by atomic mass is 16.5. The third kappa shape index (κ3) is 3.90. The molecule has 8 nitrogen and oxygen atoms in total. The van der Waals surface area contributed by atoms with E-state index >= 15 is 0 Å². The van der Waals surface area contributed by atoms with Crippen LogP contribution in [-0.4, -0.2) is 35.5 Å². The van der Waals surface area contributed by atoms with Gasteiger partial charge in [0.15, 0.2) is 12.4 Å². The van der Waals surface area contributed by atoms with E-state index in [1.807, 2.05) is 18.2 Å². The Hall–Kier alpha value is -3.96. The van der Waals surface area contributed by atoms with Crippen LogP contribution in [-0.2, 0) is 19.1 Å². The summed E-state index contributed by atoms with van der Waals surface area (Å²) in [5.41, 5.74) is -0.575. The highest BCUT2D eigenvalue weighted by Crippen LogP contribution is 2.28. The van der Waals surface area contributed by atoms with Crippen LogP contribution in [0.15, 0.2) is 65.7 Å². The smallest absolute Gasteiger partial charge is 0.335 e. The second-order valence-corrected chi connectivity index (χ2v) is 5.73.